The molecular formula is C27H26F7NO5S. The topological polar surface area (TPSA) is 76.1 Å². The fraction of sp³-hybridized carbons (Fsp3) is 0.333. The molecule has 4 rings (SSSR count). The predicted octanol–water partition coefficient (Wildman–Crippen LogP) is 6.63. The van der Waals surface area contributed by atoms with E-state index < -0.39 is 45.0 Å². The molecule has 1 N–H and O–H groups in total. The van der Waals surface area contributed by atoms with Gasteiger partial charge >= 0.3 is 12.4 Å². The van der Waals surface area contributed by atoms with E-state index in [0.29, 0.717) is 12.1 Å². The summed E-state index contributed by atoms with van der Waals surface area (Å²) in [7, 11) is -4.02. The molecule has 224 valence electrons. The fourth-order valence-corrected chi connectivity index (χ4v) is 4.69. The highest BCUT2D eigenvalue weighted by Crippen LogP contribution is 2.44. The van der Waals surface area contributed by atoms with Crippen LogP contribution in [0.3, 0.4) is 0 Å². The Kier molecular flexibility index (Phi) is 9.86. The van der Waals surface area contributed by atoms with E-state index in [-0.39, 0.29) is 48.5 Å². The summed E-state index contributed by atoms with van der Waals surface area (Å²) in [5.74, 6) is -0.603. The van der Waals surface area contributed by atoms with Crippen LogP contribution in [0.25, 0.3) is 0 Å². The number of hydrogen-bond acceptors (Lipinski definition) is 5. The van der Waals surface area contributed by atoms with Crippen LogP contribution in [-0.2, 0) is 37.6 Å². The second-order valence-electron chi connectivity index (χ2n) is 9.02. The zero-order valence-electron chi connectivity index (χ0n) is 21.8. The molecule has 0 spiro atoms. The minimum atomic E-state index is -5.01. The average Bonchev–Trinajstić information content (AvgIpc) is 2.88. The Morgan fingerprint density at radius 3 is 1.90 bits per heavy atom. The first kappa shape index (κ1) is 32.5. The third-order valence-electron chi connectivity index (χ3n) is 6.17. The molecule has 0 bridgehead atoms. The van der Waals surface area contributed by atoms with E-state index in [4.69, 9.17) is 14.1 Å². The van der Waals surface area contributed by atoms with Crippen molar-refractivity contribution in [2.75, 3.05) is 26.4 Å². The van der Waals surface area contributed by atoms with E-state index in [2.05, 4.69) is 0 Å². The standard InChI is InChI=1S/C20H18F7NO2.C7H8O3S/c1-2-30-28-7-8-29-12-18(28,13-3-5-17(21)6-4-13)14-9-15(19(22,23)24)11-16(10-14)20(25,26)27;1-6-2-4-7(5-3-6)11(8,9)10/h3-6,9-11H,2,7-8,12H2,1H3;2-5H,1H3,(H,8,9,10). The van der Waals surface area contributed by atoms with Gasteiger partial charge in [-0.25, -0.2) is 4.39 Å². The highest BCUT2D eigenvalue weighted by atomic mass is 32.2. The summed E-state index contributed by atoms with van der Waals surface area (Å²) < 4.78 is 129. The third kappa shape index (κ3) is 7.83. The molecule has 0 saturated carbocycles. The van der Waals surface area contributed by atoms with Crippen molar-refractivity contribution in [1.29, 1.82) is 0 Å². The van der Waals surface area contributed by atoms with Gasteiger partial charge in [0.2, 0.25) is 0 Å². The SMILES string of the molecule is CCON1CCOCC1(c1ccc(F)cc1)c1cc(C(F)(F)F)cc(C(F)(F)F)c1.Cc1ccc(S(=O)(=O)O)cc1. The number of alkyl halides is 6. The van der Waals surface area contributed by atoms with Crippen molar-refractivity contribution in [2.24, 2.45) is 0 Å². The number of nitrogens with zero attached hydrogens (tertiary/aromatic N) is 1. The zero-order chi connectivity index (χ0) is 30.6. The van der Waals surface area contributed by atoms with E-state index in [1.807, 2.05) is 6.92 Å². The molecule has 6 nitrogen and oxygen atoms in total. The van der Waals surface area contributed by atoms with Gasteiger partial charge in [-0.2, -0.15) is 39.8 Å². The molecule has 0 radical (unpaired) electrons. The van der Waals surface area contributed by atoms with Crippen molar-refractivity contribution < 1.29 is 53.3 Å². The molecule has 1 aliphatic heterocycles. The minimum Gasteiger partial charge on any atom is -0.377 e. The monoisotopic (exact) mass is 609 g/mol. The Hall–Kier alpha value is -3.04. The average molecular weight is 610 g/mol. The van der Waals surface area contributed by atoms with Crippen LogP contribution < -0.4 is 0 Å². The van der Waals surface area contributed by atoms with Crippen molar-refractivity contribution in [2.45, 2.75) is 36.6 Å². The molecule has 1 aliphatic rings. The molecule has 1 saturated heterocycles. The van der Waals surface area contributed by atoms with Crippen LogP contribution in [0.1, 0.15) is 34.7 Å². The summed E-state index contributed by atoms with van der Waals surface area (Å²) in [6.07, 6.45) is -10.0. The van der Waals surface area contributed by atoms with Crippen LogP contribution in [0.4, 0.5) is 30.7 Å². The van der Waals surface area contributed by atoms with Crippen LogP contribution >= 0.6 is 0 Å². The highest BCUT2D eigenvalue weighted by Gasteiger charge is 2.47. The van der Waals surface area contributed by atoms with Gasteiger partial charge in [-0.05, 0) is 67.4 Å². The molecule has 1 fully saturated rings. The second kappa shape index (κ2) is 12.4. The first-order valence-corrected chi connectivity index (χ1v) is 13.5. The van der Waals surface area contributed by atoms with Gasteiger partial charge in [-0.3, -0.25) is 9.39 Å². The van der Waals surface area contributed by atoms with Gasteiger partial charge in [-0.1, -0.05) is 29.8 Å². The predicted molar refractivity (Wildman–Crippen MR) is 134 cm³/mol. The van der Waals surface area contributed by atoms with Gasteiger partial charge in [0.1, 0.15) is 11.4 Å². The molecule has 0 amide bonds. The summed E-state index contributed by atoms with van der Waals surface area (Å²) in [5, 5.41) is 1.30. The number of rotatable bonds is 5. The number of aryl methyl sites for hydroxylation is 1. The molecule has 3 aromatic rings. The minimum absolute atomic E-state index is 0.0660. The van der Waals surface area contributed by atoms with Gasteiger partial charge in [0, 0.05) is 6.54 Å². The maximum atomic E-state index is 13.5. The van der Waals surface area contributed by atoms with Gasteiger partial charge < -0.3 is 4.74 Å². The Morgan fingerprint density at radius 1 is 0.902 bits per heavy atom. The maximum absolute atomic E-state index is 13.5. The molecule has 1 heterocycles. The van der Waals surface area contributed by atoms with Crippen LogP contribution in [-0.4, -0.2) is 44.4 Å². The summed E-state index contributed by atoms with van der Waals surface area (Å²) in [5.41, 5.74) is -3.65. The lowest BCUT2D eigenvalue weighted by Gasteiger charge is -2.46. The number of ether oxygens (including phenoxy) is 1. The Labute approximate surface area is 232 Å². The van der Waals surface area contributed by atoms with Crippen molar-refractivity contribution in [1.82, 2.24) is 5.06 Å². The Morgan fingerprint density at radius 2 is 1.44 bits per heavy atom. The largest absolute Gasteiger partial charge is 0.416 e. The van der Waals surface area contributed by atoms with E-state index in [9.17, 15) is 39.2 Å². The normalized spacial score (nSPS) is 18.5. The molecular weight excluding hydrogens is 583 g/mol. The van der Waals surface area contributed by atoms with Crippen molar-refractivity contribution in [3.05, 3.63) is 100 Å². The van der Waals surface area contributed by atoms with Gasteiger partial charge in [0.05, 0.1) is 35.8 Å². The fourth-order valence-electron chi connectivity index (χ4n) is 4.21. The summed E-state index contributed by atoms with van der Waals surface area (Å²) in [6.45, 7) is 3.56. The first-order chi connectivity index (χ1) is 19.0. The lowest BCUT2D eigenvalue weighted by molar-refractivity contribution is -0.254. The molecule has 0 aliphatic carbocycles. The number of hydrogen-bond donors (Lipinski definition) is 1. The van der Waals surface area contributed by atoms with Crippen LogP contribution in [0.2, 0.25) is 0 Å². The first-order valence-electron chi connectivity index (χ1n) is 12.1. The van der Waals surface area contributed by atoms with Gasteiger partial charge in [0.25, 0.3) is 10.1 Å². The molecule has 1 unspecified atom stereocenters. The lowest BCUT2D eigenvalue weighted by atomic mass is 9.80. The quantitative estimate of drug-likeness (QED) is 0.259. The van der Waals surface area contributed by atoms with Crippen molar-refractivity contribution >= 4 is 10.1 Å². The zero-order valence-corrected chi connectivity index (χ0v) is 22.6. The summed E-state index contributed by atoms with van der Waals surface area (Å²) in [6, 6.07) is 12.1. The highest BCUT2D eigenvalue weighted by molar-refractivity contribution is 7.85. The van der Waals surface area contributed by atoms with Crippen molar-refractivity contribution in [3.63, 3.8) is 0 Å². The molecule has 14 heteroatoms. The molecule has 3 aromatic carbocycles. The van der Waals surface area contributed by atoms with Crippen LogP contribution in [0, 0.1) is 12.7 Å². The Bertz CT molecular complexity index is 1390. The number of halogens is 7. The molecule has 41 heavy (non-hydrogen) atoms. The number of benzene rings is 3. The van der Waals surface area contributed by atoms with Gasteiger partial charge in [-0.15, -0.1) is 0 Å². The summed E-state index contributed by atoms with van der Waals surface area (Å²) in [4.78, 5) is 5.52. The third-order valence-corrected chi connectivity index (χ3v) is 7.03. The summed E-state index contributed by atoms with van der Waals surface area (Å²) >= 11 is 0. The smallest absolute Gasteiger partial charge is 0.377 e. The number of hydroxylamine groups is 2. The molecule has 0 aromatic heterocycles. The van der Waals surface area contributed by atoms with Gasteiger partial charge in [0.15, 0.2) is 0 Å². The van der Waals surface area contributed by atoms with E-state index in [1.54, 1.807) is 19.1 Å². The molecule has 1 atom stereocenters. The lowest BCUT2D eigenvalue weighted by Crippen LogP contribution is -2.55. The van der Waals surface area contributed by atoms with E-state index in [0.717, 1.165) is 17.7 Å². The van der Waals surface area contributed by atoms with Crippen molar-refractivity contribution in [3.8, 4) is 0 Å². The van der Waals surface area contributed by atoms with E-state index >= 15 is 0 Å². The Balaban J connectivity index is 0.000000352. The van der Waals surface area contributed by atoms with E-state index in [1.165, 1.54) is 29.3 Å². The van der Waals surface area contributed by atoms with Crippen LogP contribution in [0.5, 0.6) is 0 Å². The van der Waals surface area contributed by atoms with Crippen LogP contribution in [0.15, 0.2) is 71.6 Å². The second-order valence-corrected chi connectivity index (χ2v) is 10.4. The maximum Gasteiger partial charge on any atom is 0.416 e. The number of morpholine rings is 1.